The van der Waals surface area contributed by atoms with Crippen LogP contribution in [0.2, 0.25) is 0 Å². The summed E-state index contributed by atoms with van der Waals surface area (Å²) in [7, 11) is 0. The summed E-state index contributed by atoms with van der Waals surface area (Å²) < 4.78 is 0. The van der Waals surface area contributed by atoms with Crippen molar-refractivity contribution >= 4 is 5.69 Å². The fraction of sp³-hybridized carbons (Fsp3) is 0.133. The topological polar surface area (TPSA) is 66.9 Å². The Bertz CT molecular complexity index is 700. The molecule has 0 aliphatic heterocycles. The van der Waals surface area contributed by atoms with E-state index in [2.05, 4.69) is 6.07 Å². The summed E-state index contributed by atoms with van der Waals surface area (Å²) >= 11 is 0. The van der Waals surface area contributed by atoms with E-state index in [1.54, 1.807) is 24.3 Å². The minimum absolute atomic E-state index is 0.0160. The summed E-state index contributed by atoms with van der Waals surface area (Å²) in [6.45, 7) is 3.84. The number of nitro benzene ring substituents is 1. The predicted molar refractivity (Wildman–Crippen MR) is 72.7 cm³/mol. The van der Waals surface area contributed by atoms with Gasteiger partial charge < -0.3 is 0 Å². The molecule has 0 unspecified atom stereocenters. The lowest BCUT2D eigenvalue weighted by molar-refractivity contribution is -0.384. The van der Waals surface area contributed by atoms with Gasteiger partial charge in [-0.05, 0) is 43.2 Å². The van der Waals surface area contributed by atoms with Crippen LogP contribution in [0.1, 0.15) is 16.7 Å². The van der Waals surface area contributed by atoms with Gasteiger partial charge in [-0.1, -0.05) is 12.1 Å². The minimum atomic E-state index is -0.425. The first-order valence-electron chi connectivity index (χ1n) is 5.79. The number of hydrogen-bond acceptors (Lipinski definition) is 3. The van der Waals surface area contributed by atoms with Crippen LogP contribution < -0.4 is 0 Å². The molecule has 2 aromatic carbocycles. The molecule has 4 nitrogen and oxygen atoms in total. The van der Waals surface area contributed by atoms with Crippen LogP contribution in [0, 0.1) is 35.3 Å². The van der Waals surface area contributed by atoms with E-state index in [1.165, 1.54) is 6.07 Å². The first-order chi connectivity index (χ1) is 9.04. The summed E-state index contributed by atoms with van der Waals surface area (Å²) in [6.07, 6.45) is 0. The van der Waals surface area contributed by atoms with Crippen LogP contribution in [0.3, 0.4) is 0 Å². The molecule has 2 aromatic rings. The molecular weight excluding hydrogens is 240 g/mol. The number of para-hydroxylation sites is 1. The smallest absolute Gasteiger partial charge is 0.258 e. The van der Waals surface area contributed by atoms with E-state index in [9.17, 15) is 15.4 Å². The fourth-order valence-electron chi connectivity index (χ4n) is 1.99. The molecule has 0 aliphatic carbocycles. The molecule has 2 rings (SSSR count). The highest BCUT2D eigenvalue weighted by Crippen LogP contribution is 2.33. The summed E-state index contributed by atoms with van der Waals surface area (Å²) in [5.74, 6) is 0. The lowest BCUT2D eigenvalue weighted by atomic mass is 9.94. The third-order valence-corrected chi connectivity index (χ3v) is 3.15. The van der Waals surface area contributed by atoms with Gasteiger partial charge in [0.05, 0.1) is 22.1 Å². The second-order valence-corrected chi connectivity index (χ2v) is 4.37. The highest BCUT2D eigenvalue weighted by Gasteiger charge is 2.17. The van der Waals surface area contributed by atoms with Gasteiger partial charge in [0.25, 0.3) is 5.69 Å². The third-order valence-electron chi connectivity index (χ3n) is 3.15. The van der Waals surface area contributed by atoms with Crippen molar-refractivity contribution in [1.29, 1.82) is 5.26 Å². The highest BCUT2D eigenvalue weighted by molar-refractivity contribution is 5.78. The quantitative estimate of drug-likeness (QED) is 0.603. The zero-order valence-corrected chi connectivity index (χ0v) is 10.7. The van der Waals surface area contributed by atoms with Gasteiger partial charge in [-0.3, -0.25) is 10.1 Å². The molecule has 4 heteroatoms. The van der Waals surface area contributed by atoms with Gasteiger partial charge in [0.1, 0.15) is 0 Å². The zero-order valence-electron chi connectivity index (χ0n) is 10.7. The van der Waals surface area contributed by atoms with Crippen molar-refractivity contribution in [3.05, 3.63) is 63.2 Å². The van der Waals surface area contributed by atoms with Gasteiger partial charge >= 0.3 is 0 Å². The molecule has 94 valence electrons. The van der Waals surface area contributed by atoms with E-state index in [-0.39, 0.29) is 5.69 Å². The average molecular weight is 252 g/mol. The number of hydrogen-bond donors (Lipinski definition) is 0. The molecule has 0 aliphatic rings. The van der Waals surface area contributed by atoms with Crippen LogP contribution in [-0.4, -0.2) is 4.92 Å². The largest absolute Gasteiger partial charge is 0.277 e. The maximum absolute atomic E-state index is 11.1. The number of aryl methyl sites for hydroxylation is 2. The molecule has 0 bridgehead atoms. The Balaban J connectivity index is 2.76. The number of rotatable bonds is 2. The van der Waals surface area contributed by atoms with Gasteiger partial charge in [0, 0.05) is 11.6 Å². The van der Waals surface area contributed by atoms with E-state index >= 15 is 0 Å². The Morgan fingerprint density at radius 1 is 1.11 bits per heavy atom. The van der Waals surface area contributed by atoms with Crippen LogP contribution in [-0.2, 0) is 0 Å². The Morgan fingerprint density at radius 3 is 2.37 bits per heavy atom. The van der Waals surface area contributed by atoms with Gasteiger partial charge in [-0.2, -0.15) is 5.26 Å². The van der Waals surface area contributed by atoms with Crippen LogP contribution >= 0.6 is 0 Å². The summed E-state index contributed by atoms with van der Waals surface area (Å²) in [6, 6.07) is 12.2. The van der Waals surface area contributed by atoms with Crippen LogP contribution in [0.5, 0.6) is 0 Å². The Hall–Kier alpha value is -2.67. The highest BCUT2D eigenvalue weighted by atomic mass is 16.6. The maximum Gasteiger partial charge on any atom is 0.277 e. The number of nitro groups is 1. The molecule has 0 aromatic heterocycles. The molecule has 0 saturated heterocycles. The summed E-state index contributed by atoms with van der Waals surface area (Å²) in [5, 5.41) is 20.3. The Labute approximate surface area is 111 Å². The first-order valence-corrected chi connectivity index (χ1v) is 5.79. The number of benzene rings is 2. The molecule has 0 N–H and O–H groups in total. The molecule has 0 radical (unpaired) electrons. The summed E-state index contributed by atoms with van der Waals surface area (Å²) in [5.41, 5.74) is 3.57. The Morgan fingerprint density at radius 2 is 1.74 bits per heavy atom. The van der Waals surface area contributed by atoms with Crippen LogP contribution in [0.4, 0.5) is 5.69 Å². The molecular formula is C15H12N2O2. The van der Waals surface area contributed by atoms with Gasteiger partial charge in [-0.15, -0.1) is 0 Å². The van der Waals surface area contributed by atoms with E-state index < -0.39 is 4.92 Å². The van der Waals surface area contributed by atoms with Crippen molar-refractivity contribution in [2.24, 2.45) is 0 Å². The number of nitrogens with zero attached hydrogens (tertiary/aromatic N) is 2. The number of nitriles is 1. The van der Waals surface area contributed by atoms with Crippen molar-refractivity contribution in [2.45, 2.75) is 13.8 Å². The lowest BCUT2D eigenvalue weighted by Crippen LogP contribution is -1.95. The molecule has 19 heavy (non-hydrogen) atoms. The minimum Gasteiger partial charge on any atom is -0.258 e. The van der Waals surface area contributed by atoms with E-state index in [0.29, 0.717) is 16.7 Å². The molecule has 0 fully saturated rings. The second-order valence-electron chi connectivity index (χ2n) is 4.37. The normalized spacial score (nSPS) is 9.95. The SMILES string of the molecule is Cc1cc(C#N)c(-c2ccccc2[N+](=O)[O-])cc1C. The standard InChI is InChI=1S/C15H12N2O2/c1-10-7-12(9-16)14(8-11(10)2)13-5-3-4-6-15(13)17(18)19/h3-8H,1-2H3. The van der Waals surface area contributed by atoms with E-state index in [0.717, 1.165) is 11.1 Å². The molecule has 0 spiro atoms. The van der Waals surface area contributed by atoms with Crippen LogP contribution in [0.25, 0.3) is 11.1 Å². The predicted octanol–water partition coefficient (Wildman–Crippen LogP) is 3.75. The summed E-state index contributed by atoms with van der Waals surface area (Å²) in [4.78, 5) is 10.6. The van der Waals surface area contributed by atoms with Gasteiger partial charge in [0.2, 0.25) is 0 Å². The zero-order chi connectivity index (χ0) is 14.0. The van der Waals surface area contributed by atoms with E-state index in [1.807, 2.05) is 19.9 Å². The fourth-order valence-corrected chi connectivity index (χ4v) is 1.99. The maximum atomic E-state index is 11.1. The first kappa shape index (κ1) is 12.8. The van der Waals surface area contributed by atoms with Crippen LogP contribution in [0.15, 0.2) is 36.4 Å². The van der Waals surface area contributed by atoms with Crippen molar-refractivity contribution in [2.75, 3.05) is 0 Å². The lowest BCUT2D eigenvalue weighted by Gasteiger charge is -2.08. The van der Waals surface area contributed by atoms with E-state index in [4.69, 9.17) is 0 Å². The van der Waals surface area contributed by atoms with Crippen molar-refractivity contribution in [1.82, 2.24) is 0 Å². The van der Waals surface area contributed by atoms with Crippen molar-refractivity contribution in [3.8, 4) is 17.2 Å². The van der Waals surface area contributed by atoms with Crippen molar-refractivity contribution < 1.29 is 4.92 Å². The molecule has 0 heterocycles. The molecule has 0 atom stereocenters. The third kappa shape index (κ3) is 2.31. The van der Waals surface area contributed by atoms with Gasteiger partial charge in [-0.25, -0.2) is 0 Å². The average Bonchev–Trinajstić information content (AvgIpc) is 2.41. The molecule has 0 saturated carbocycles. The van der Waals surface area contributed by atoms with Crippen molar-refractivity contribution in [3.63, 3.8) is 0 Å². The monoisotopic (exact) mass is 252 g/mol. The van der Waals surface area contributed by atoms with Gasteiger partial charge in [0.15, 0.2) is 0 Å². The molecule has 0 amide bonds. The Kier molecular flexibility index (Phi) is 3.30. The second kappa shape index (κ2) is 4.91.